The summed E-state index contributed by atoms with van der Waals surface area (Å²) in [5.74, 6) is 1.99. The third-order valence-electron chi connectivity index (χ3n) is 3.38. The fourth-order valence-corrected chi connectivity index (χ4v) is 4.29. The van der Waals surface area contributed by atoms with Gasteiger partial charge in [-0.05, 0) is 31.2 Å². The van der Waals surface area contributed by atoms with Crippen LogP contribution >= 0.6 is 0 Å². The molecule has 3 heteroatoms. The third-order valence-corrected chi connectivity index (χ3v) is 5.57. The molecule has 0 heterocycles. The molecule has 1 saturated carbocycles. The van der Waals surface area contributed by atoms with Crippen molar-refractivity contribution in [1.29, 1.82) is 0 Å². The van der Waals surface area contributed by atoms with E-state index in [0.29, 0.717) is 17.1 Å². The van der Waals surface area contributed by atoms with Crippen molar-refractivity contribution in [2.24, 2.45) is 17.6 Å². The zero-order valence-electron chi connectivity index (χ0n) is 9.37. The van der Waals surface area contributed by atoms with Crippen molar-refractivity contribution in [1.82, 2.24) is 0 Å². The smallest absolute Gasteiger partial charge is 0.0388 e. The minimum atomic E-state index is -0.635. The highest BCUT2D eigenvalue weighted by Gasteiger charge is 2.31. The maximum absolute atomic E-state index is 12.0. The van der Waals surface area contributed by atoms with Crippen LogP contribution in [0.4, 0.5) is 0 Å². The van der Waals surface area contributed by atoms with Crippen LogP contribution in [0.25, 0.3) is 0 Å². The van der Waals surface area contributed by atoms with E-state index in [-0.39, 0.29) is 0 Å². The van der Waals surface area contributed by atoms with E-state index in [2.05, 4.69) is 13.8 Å². The first kappa shape index (κ1) is 12.2. The molecule has 4 unspecified atom stereocenters. The quantitative estimate of drug-likeness (QED) is 0.764. The molecule has 0 aromatic heterocycles. The maximum Gasteiger partial charge on any atom is 0.0388 e. The predicted molar refractivity (Wildman–Crippen MR) is 62.6 cm³/mol. The highest BCUT2D eigenvalue weighted by molar-refractivity contribution is 7.85. The summed E-state index contributed by atoms with van der Waals surface area (Å²) in [6.45, 7) is 5.07. The lowest BCUT2D eigenvalue weighted by molar-refractivity contribution is 0.549. The van der Waals surface area contributed by atoms with E-state index in [4.69, 9.17) is 5.73 Å². The van der Waals surface area contributed by atoms with Crippen LogP contribution in [-0.2, 0) is 10.8 Å². The first-order valence-electron chi connectivity index (χ1n) is 5.76. The Kier molecular flexibility index (Phi) is 5.10. The van der Waals surface area contributed by atoms with Gasteiger partial charge in [-0.2, -0.15) is 0 Å². The predicted octanol–water partition coefficient (Wildman–Crippen LogP) is 1.91. The summed E-state index contributed by atoms with van der Waals surface area (Å²) in [7, 11) is -0.635. The molecule has 84 valence electrons. The van der Waals surface area contributed by atoms with Crippen molar-refractivity contribution in [3.8, 4) is 0 Å². The molecule has 2 nitrogen and oxygen atoms in total. The van der Waals surface area contributed by atoms with Gasteiger partial charge in [0.25, 0.3) is 0 Å². The molecule has 0 bridgehead atoms. The number of hydrogen-bond donors (Lipinski definition) is 1. The van der Waals surface area contributed by atoms with Gasteiger partial charge >= 0.3 is 0 Å². The molecular weight excluding hydrogens is 194 g/mol. The van der Waals surface area contributed by atoms with Gasteiger partial charge in [0.05, 0.1) is 0 Å². The van der Waals surface area contributed by atoms with Crippen LogP contribution in [0.2, 0.25) is 0 Å². The number of nitrogens with two attached hydrogens (primary N) is 1. The summed E-state index contributed by atoms with van der Waals surface area (Å²) < 4.78 is 12.0. The van der Waals surface area contributed by atoms with Gasteiger partial charge in [-0.3, -0.25) is 4.21 Å². The highest BCUT2D eigenvalue weighted by Crippen LogP contribution is 2.29. The molecule has 0 spiro atoms. The number of rotatable bonds is 5. The summed E-state index contributed by atoms with van der Waals surface area (Å²) in [5.41, 5.74) is 5.69. The second-order valence-electron chi connectivity index (χ2n) is 4.53. The van der Waals surface area contributed by atoms with Crippen molar-refractivity contribution in [2.75, 3.05) is 12.3 Å². The average molecular weight is 217 g/mol. The molecule has 0 aromatic carbocycles. The van der Waals surface area contributed by atoms with Crippen LogP contribution in [-0.4, -0.2) is 21.8 Å². The fraction of sp³-hybridized carbons (Fsp3) is 1.00. The molecular formula is C11H23NOS. The molecule has 1 aliphatic carbocycles. The van der Waals surface area contributed by atoms with Gasteiger partial charge in [-0.1, -0.05) is 26.7 Å². The standard InChI is InChI=1S/C11H23NOS/c1-3-9(2)8-14(13)11-6-4-5-10(11)7-12/h9-11H,3-8,12H2,1-2H3. The largest absolute Gasteiger partial charge is 0.330 e. The van der Waals surface area contributed by atoms with Crippen molar-refractivity contribution >= 4 is 10.8 Å². The van der Waals surface area contributed by atoms with E-state index in [1.54, 1.807) is 0 Å². The van der Waals surface area contributed by atoms with Crippen molar-refractivity contribution in [3.05, 3.63) is 0 Å². The second kappa shape index (κ2) is 5.86. The lowest BCUT2D eigenvalue weighted by Crippen LogP contribution is -2.29. The van der Waals surface area contributed by atoms with Gasteiger partial charge in [0.15, 0.2) is 0 Å². The third kappa shape index (κ3) is 3.06. The van der Waals surface area contributed by atoms with E-state index in [1.165, 1.54) is 12.8 Å². The van der Waals surface area contributed by atoms with Gasteiger partial charge in [0.2, 0.25) is 0 Å². The van der Waals surface area contributed by atoms with Crippen LogP contribution in [0.3, 0.4) is 0 Å². The van der Waals surface area contributed by atoms with Gasteiger partial charge in [0.1, 0.15) is 0 Å². The molecule has 0 saturated heterocycles. The van der Waals surface area contributed by atoms with Crippen LogP contribution in [0, 0.1) is 11.8 Å². The lowest BCUT2D eigenvalue weighted by Gasteiger charge is -2.19. The maximum atomic E-state index is 12.0. The average Bonchev–Trinajstić information content (AvgIpc) is 2.65. The van der Waals surface area contributed by atoms with E-state index in [1.807, 2.05) is 0 Å². The number of hydrogen-bond acceptors (Lipinski definition) is 2. The van der Waals surface area contributed by atoms with Crippen LogP contribution in [0.15, 0.2) is 0 Å². The SMILES string of the molecule is CCC(C)CS(=O)C1CCCC1CN. The Bertz CT molecular complexity index is 196. The Balaban J connectivity index is 2.43. The summed E-state index contributed by atoms with van der Waals surface area (Å²) in [6, 6.07) is 0. The van der Waals surface area contributed by atoms with Gasteiger partial charge in [0, 0.05) is 21.8 Å². The van der Waals surface area contributed by atoms with Crippen LogP contribution < -0.4 is 5.73 Å². The molecule has 1 rings (SSSR count). The molecule has 1 aliphatic rings. The van der Waals surface area contributed by atoms with Crippen molar-refractivity contribution in [2.45, 2.75) is 44.8 Å². The molecule has 0 amide bonds. The summed E-state index contributed by atoms with van der Waals surface area (Å²) in [4.78, 5) is 0. The van der Waals surface area contributed by atoms with Crippen molar-refractivity contribution < 1.29 is 4.21 Å². The van der Waals surface area contributed by atoms with E-state index < -0.39 is 10.8 Å². The van der Waals surface area contributed by atoms with Gasteiger partial charge in [-0.25, -0.2) is 0 Å². The minimum Gasteiger partial charge on any atom is -0.330 e. The molecule has 14 heavy (non-hydrogen) atoms. The summed E-state index contributed by atoms with van der Waals surface area (Å²) in [6.07, 6.45) is 4.67. The Labute approximate surface area is 90.1 Å². The normalized spacial score (nSPS) is 31.6. The second-order valence-corrected chi connectivity index (χ2v) is 6.23. The summed E-state index contributed by atoms with van der Waals surface area (Å²) >= 11 is 0. The Morgan fingerprint density at radius 1 is 1.50 bits per heavy atom. The molecule has 0 aromatic rings. The van der Waals surface area contributed by atoms with Gasteiger partial charge in [-0.15, -0.1) is 0 Å². The minimum absolute atomic E-state index is 0.397. The molecule has 4 atom stereocenters. The zero-order valence-corrected chi connectivity index (χ0v) is 10.2. The molecule has 0 aliphatic heterocycles. The topological polar surface area (TPSA) is 43.1 Å². The molecule has 2 N–H and O–H groups in total. The highest BCUT2D eigenvalue weighted by atomic mass is 32.2. The fourth-order valence-electron chi connectivity index (χ4n) is 2.14. The molecule has 0 radical (unpaired) electrons. The monoisotopic (exact) mass is 217 g/mol. The van der Waals surface area contributed by atoms with E-state index >= 15 is 0 Å². The van der Waals surface area contributed by atoms with Crippen LogP contribution in [0.5, 0.6) is 0 Å². The van der Waals surface area contributed by atoms with E-state index in [9.17, 15) is 4.21 Å². The Morgan fingerprint density at radius 3 is 2.79 bits per heavy atom. The zero-order chi connectivity index (χ0) is 10.6. The summed E-state index contributed by atoms with van der Waals surface area (Å²) in [5, 5.41) is 0.397. The first-order chi connectivity index (χ1) is 6.69. The van der Waals surface area contributed by atoms with Crippen molar-refractivity contribution in [3.63, 3.8) is 0 Å². The Morgan fingerprint density at radius 2 is 2.21 bits per heavy atom. The van der Waals surface area contributed by atoms with Gasteiger partial charge < -0.3 is 5.73 Å². The lowest BCUT2D eigenvalue weighted by atomic mass is 10.1. The molecule has 1 fully saturated rings. The van der Waals surface area contributed by atoms with E-state index in [0.717, 1.165) is 25.1 Å². The Hall–Kier alpha value is 0.110. The van der Waals surface area contributed by atoms with Crippen LogP contribution in [0.1, 0.15) is 39.5 Å². The first-order valence-corrected chi connectivity index (χ1v) is 7.14.